The highest BCUT2D eigenvalue weighted by molar-refractivity contribution is 5.85. The van der Waals surface area contributed by atoms with Crippen molar-refractivity contribution in [1.29, 1.82) is 0 Å². The predicted molar refractivity (Wildman–Crippen MR) is 66.3 cm³/mol. The molecule has 0 saturated heterocycles. The van der Waals surface area contributed by atoms with E-state index in [1.807, 2.05) is 6.92 Å². The topological polar surface area (TPSA) is 90.1 Å². The summed E-state index contributed by atoms with van der Waals surface area (Å²) in [6.45, 7) is 4.52. The van der Waals surface area contributed by atoms with Gasteiger partial charge in [0.2, 0.25) is 0 Å². The summed E-state index contributed by atoms with van der Waals surface area (Å²) in [5.41, 5.74) is 0.437. The summed E-state index contributed by atoms with van der Waals surface area (Å²) < 4.78 is 7.15. The molecule has 0 aliphatic heterocycles. The summed E-state index contributed by atoms with van der Waals surface area (Å²) in [7, 11) is 0. The van der Waals surface area contributed by atoms with Crippen LogP contribution in [-0.2, 0) is 6.54 Å². The van der Waals surface area contributed by atoms with E-state index < -0.39 is 5.97 Å². The van der Waals surface area contributed by atoms with Crippen LogP contribution in [0.15, 0.2) is 18.5 Å². The lowest BCUT2D eigenvalue weighted by Crippen LogP contribution is -2.04. The minimum Gasteiger partial charge on any atom is -0.477 e. The molecule has 7 nitrogen and oxygen atoms in total. The molecule has 0 fully saturated rings. The first-order chi connectivity index (χ1) is 9.08. The van der Waals surface area contributed by atoms with Crippen LogP contribution in [0.2, 0.25) is 0 Å². The smallest absolute Gasteiger partial charge is 0.354 e. The van der Waals surface area contributed by atoms with Crippen LogP contribution < -0.4 is 4.74 Å². The lowest BCUT2D eigenvalue weighted by molar-refractivity contribution is 0.0689. The molecule has 2 aromatic rings. The molecule has 0 aromatic carbocycles. The number of aryl methyl sites for hydroxylation is 2. The van der Waals surface area contributed by atoms with Crippen LogP contribution in [0, 0.1) is 6.92 Å². The van der Waals surface area contributed by atoms with Crippen molar-refractivity contribution < 1.29 is 14.6 Å². The maximum atomic E-state index is 10.9. The van der Waals surface area contributed by atoms with Gasteiger partial charge in [0.05, 0.1) is 12.4 Å². The highest BCUT2D eigenvalue weighted by Gasteiger charge is 2.11. The minimum absolute atomic E-state index is 0.00782. The Kier molecular flexibility index (Phi) is 3.74. The second-order valence-electron chi connectivity index (χ2n) is 4.02. The van der Waals surface area contributed by atoms with E-state index in [2.05, 4.69) is 15.1 Å². The summed E-state index contributed by atoms with van der Waals surface area (Å²) in [4.78, 5) is 18.7. The molecular formula is C12H14N4O3. The van der Waals surface area contributed by atoms with Crippen molar-refractivity contribution in [1.82, 2.24) is 19.7 Å². The molecule has 0 amide bonds. The zero-order valence-corrected chi connectivity index (χ0v) is 10.7. The maximum absolute atomic E-state index is 10.9. The van der Waals surface area contributed by atoms with Gasteiger partial charge >= 0.3 is 12.0 Å². The van der Waals surface area contributed by atoms with Crippen molar-refractivity contribution in [3.05, 3.63) is 29.8 Å². The fourth-order valence-electron chi connectivity index (χ4n) is 1.55. The molecule has 0 radical (unpaired) electrons. The number of ether oxygens (including phenoxy) is 1. The molecule has 0 spiro atoms. The Balaban J connectivity index is 2.19. The van der Waals surface area contributed by atoms with E-state index in [0.29, 0.717) is 11.4 Å². The van der Waals surface area contributed by atoms with Gasteiger partial charge in [-0.05, 0) is 19.4 Å². The van der Waals surface area contributed by atoms with Gasteiger partial charge in [0.15, 0.2) is 11.4 Å². The molecule has 2 rings (SSSR count). The van der Waals surface area contributed by atoms with Gasteiger partial charge < -0.3 is 9.84 Å². The lowest BCUT2D eigenvalue weighted by Gasteiger charge is -2.03. The number of carboxylic acids is 1. The largest absolute Gasteiger partial charge is 0.477 e. The van der Waals surface area contributed by atoms with Gasteiger partial charge in [-0.3, -0.25) is 4.68 Å². The SMILES string of the molecule is CCCn1cc(Oc2nc(C)cc(C(=O)O)n2)cn1. The number of carbonyl (C=O) groups is 1. The van der Waals surface area contributed by atoms with Crippen molar-refractivity contribution >= 4 is 5.97 Å². The molecule has 2 heterocycles. The molecule has 0 atom stereocenters. The maximum Gasteiger partial charge on any atom is 0.354 e. The average molecular weight is 262 g/mol. The minimum atomic E-state index is -1.11. The van der Waals surface area contributed by atoms with Gasteiger partial charge in [0.25, 0.3) is 0 Å². The van der Waals surface area contributed by atoms with Crippen molar-refractivity contribution in [3.8, 4) is 11.8 Å². The molecular weight excluding hydrogens is 248 g/mol. The summed E-state index contributed by atoms with van der Waals surface area (Å²) in [6.07, 6.45) is 4.22. The van der Waals surface area contributed by atoms with E-state index >= 15 is 0 Å². The quantitative estimate of drug-likeness (QED) is 0.884. The van der Waals surface area contributed by atoms with Gasteiger partial charge in [-0.15, -0.1) is 0 Å². The van der Waals surface area contributed by atoms with Crippen LogP contribution in [0.4, 0.5) is 0 Å². The first-order valence-corrected chi connectivity index (χ1v) is 5.87. The Labute approximate surface area is 109 Å². The number of hydrogen-bond acceptors (Lipinski definition) is 5. The monoisotopic (exact) mass is 262 g/mol. The fraction of sp³-hybridized carbons (Fsp3) is 0.333. The number of carboxylic acid groups (broad SMARTS) is 1. The lowest BCUT2D eigenvalue weighted by atomic mass is 10.3. The zero-order chi connectivity index (χ0) is 13.8. The molecule has 7 heteroatoms. The van der Waals surface area contributed by atoms with Crippen LogP contribution in [0.5, 0.6) is 11.8 Å². The Bertz CT molecular complexity index is 594. The molecule has 0 saturated carbocycles. The Morgan fingerprint density at radius 3 is 2.95 bits per heavy atom. The van der Waals surface area contributed by atoms with Crippen molar-refractivity contribution in [3.63, 3.8) is 0 Å². The van der Waals surface area contributed by atoms with Crippen LogP contribution in [0.25, 0.3) is 0 Å². The standard InChI is InChI=1S/C12H14N4O3/c1-3-4-16-7-9(6-13-16)19-12-14-8(2)5-10(15-12)11(17)18/h5-7H,3-4H2,1-2H3,(H,17,18). The van der Waals surface area contributed by atoms with Crippen LogP contribution >= 0.6 is 0 Å². The van der Waals surface area contributed by atoms with Crippen molar-refractivity contribution in [2.24, 2.45) is 0 Å². The van der Waals surface area contributed by atoms with E-state index in [1.54, 1.807) is 24.0 Å². The van der Waals surface area contributed by atoms with Gasteiger partial charge in [-0.2, -0.15) is 10.1 Å². The van der Waals surface area contributed by atoms with Crippen LogP contribution in [-0.4, -0.2) is 30.8 Å². The molecule has 100 valence electrons. The third kappa shape index (κ3) is 3.27. The summed E-state index contributed by atoms with van der Waals surface area (Å²) >= 11 is 0. The molecule has 0 aliphatic rings. The van der Waals surface area contributed by atoms with E-state index in [4.69, 9.17) is 9.84 Å². The Morgan fingerprint density at radius 2 is 2.26 bits per heavy atom. The van der Waals surface area contributed by atoms with Crippen LogP contribution in [0.1, 0.15) is 29.5 Å². The summed E-state index contributed by atoms with van der Waals surface area (Å²) in [5.74, 6) is -0.632. The number of aromatic nitrogens is 4. The number of hydrogen-bond donors (Lipinski definition) is 1. The third-order valence-electron chi connectivity index (χ3n) is 2.32. The normalized spacial score (nSPS) is 10.4. The Hall–Kier alpha value is -2.44. The van der Waals surface area contributed by atoms with Crippen molar-refractivity contribution in [2.75, 3.05) is 0 Å². The highest BCUT2D eigenvalue weighted by atomic mass is 16.5. The third-order valence-corrected chi connectivity index (χ3v) is 2.32. The molecule has 0 bridgehead atoms. The summed E-state index contributed by atoms with van der Waals surface area (Å²) in [6, 6.07) is 1.39. The van der Waals surface area contributed by atoms with E-state index in [-0.39, 0.29) is 11.7 Å². The molecule has 0 aliphatic carbocycles. The first-order valence-electron chi connectivity index (χ1n) is 5.87. The molecule has 2 aromatic heterocycles. The van der Waals surface area contributed by atoms with E-state index in [9.17, 15) is 4.79 Å². The number of rotatable bonds is 5. The second kappa shape index (κ2) is 5.47. The second-order valence-corrected chi connectivity index (χ2v) is 4.02. The average Bonchev–Trinajstić information content (AvgIpc) is 2.76. The number of aromatic carboxylic acids is 1. The Morgan fingerprint density at radius 1 is 1.47 bits per heavy atom. The zero-order valence-electron chi connectivity index (χ0n) is 10.7. The fourth-order valence-corrected chi connectivity index (χ4v) is 1.55. The van der Waals surface area contributed by atoms with Gasteiger partial charge in [-0.25, -0.2) is 9.78 Å². The van der Waals surface area contributed by atoms with Gasteiger partial charge in [0, 0.05) is 12.2 Å². The van der Waals surface area contributed by atoms with Gasteiger partial charge in [0.1, 0.15) is 0 Å². The predicted octanol–water partition coefficient (Wildman–Crippen LogP) is 1.88. The summed E-state index contributed by atoms with van der Waals surface area (Å²) in [5, 5.41) is 13.0. The van der Waals surface area contributed by atoms with Gasteiger partial charge in [-0.1, -0.05) is 6.92 Å². The molecule has 1 N–H and O–H groups in total. The van der Waals surface area contributed by atoms with Crippen LogP contribution in [0.3, 0.4) is 0 Å². The molecule has 0 unspecified atom stereocenters. The first kappa shape index (κ1) is 13.0. The van der Waals surface area contributed by atoms with Crippen molar-refractivity contribution in [2.45, 2.75) is 26.8 Å². The highest BCUT2D eigenvalue weighted by Crippen LogP contribution is 2.17. The molecule has 19 heavy (non-hydrogen) atoms. The number of nitrogens with zero attached hydrogens (tertiary/aromatic N) is 4. The van der Waals surface area contributed by atoms with E-state index in [1.165, 1.54) is 6.07 Å². The van der Waals surface area contributed by atoms with E-state index in [0.717, 1.165) is 13.0 Å².